The van der Waals surface area contributed by atoms with Gasteiger partial charge in [-0.1, -0.05) is 12.1 Å². The molecule has 0 spiro atoms. The number of hydrogen-bond donors (Lipinski definition) is 2. The van der Waals surface area contributed by atoms with Crippen molar-refractivity contribution in [2.45, 2.75) is 46.3 Å². The summed E-state index contributed by atoms with van der Waals surface area (Å²) in [5.41, 5.74) is 3.06. The highest BCUT2D eigenvalue weighted by Crippen LogP contribution is 2.23. The smallest absolute Gasteiger partial charge is 0.227 e. The van der Waals surface area contributed by atoms with Gasteiger partial charge in [-0.3, -0.25) is 4.79 Å². The molecule has 2 N–H and O–H groups in total. The first-order valence-corrected chi connectivity index (χ1v) is 8.90. The summed E-state index contributed by atoms with van der Waals surface area (Å²) in [4.78, 5) is 12.5. The van der Waals surface area contributed by atoms with Gasteiger partial charge in [-0.2, -0.15) is 0 Å². The fraction of sp³-hybridized carbons (Fsp3) is 0.632. The molecule has 24 heavy (non-hydrogen) atoms. The van der Waals surface area contributed by atoms with Gasteiger partial charge in [0, 0.05) is 24.3 Å². The van der Waals surface area contributed by atoms with Crippen molar-refractivity contribution < 1.29 is 14.3 Å². The maximum Gasteiger partial charge on any atom is 0.227 e. The van der Waals surface area contributed by atoms with E-state index in [4.69, 9.17) is 9.47 Å². The third-order valence-corrected chi connectivity index (χ3v) is 4.53. The van der Waals surface area contributed by atoms with Gasteiger partial charge in [0.1, 0.15) is 0 Å². The topological polar surface area (TPSA) is 59.6 Å². The third-order valence-electron chi connectivity index (χ3n) is 4.53. The molecule has 1 aliphatic rings. The standard InChI is InChI=1S/C19H30N2O3/c1-4-23-10-11-24-13-17-6-5-7-18(15(17)3)21-19(22)16-8-9-20-14(2)12-16/h5-7,14,16,20H,4,8-13H2,1-3H3,(H,21,22)/t14-,16-/m0/s1. The van der Waals surface area contributed by atoms with E-state index in [9.17, 15) is 4.79 Å². The molecule has 1 aliphatic heterocycles. The highest BCUT2D eigenvalue weighted by atomic mass is 16.5. The van der Waals surface area contributed by atoms with Crippen LogP contribution in [0.1, 0.15) is 37.8 Å². The average Bonchev–Trinajstić information content (AvgIpc) is 2.57. The van der Waals surface area contributed by atoms with Crippen LogP contribution < -0.4 is 10.6 Å². The van der Waals surface area contributed by atoms with Crippen LogP contribution in [0.5, 0.6) is 0 Å². The van der Waals surface area contributed by atoms with Crippen molar-refractivity contribution in [3.05, 3.63) is 29.3 Å². The Morgan fingerprint density at radius 2 is 2.12 bits per heavy atom. The highest BCUT2D eigenvalue weighted by Gasteiger charge is 2.25. The molecule has 0 saturated carbocycles. The van der Waals surface area contributed by atoms with Gasteiger partial charge in [0.05, 0.1) is 19.8 Å². The summed E-state index contributed by atoms with van der Waals surface area (Å²) in [5.74, 6) is 0.215. The van der Waals surface area contributed by atoms with E-state index in [0.29, 0.717) is 32.5 Å². The molecule has 1 amide bonds. The molecule has 1 heterocycles. The van der Waals surface area contributed by atoms with Crippen molar-refractivity contribution in [3.8, 4) is 0 Å². The Balaban J connectivity index is 1.90. The van der Waals surface area contributed by atoms with Crippen molar-refractivity contribution in [2.75, 3.05) is 31.7 Å². The SMILES string of the molecule is CCOCCOCc1cccc(NC(=O)[C@H]2CCN[C@@H](C)C2)c1C. The minimum absolute atomic E-state index is 0.0896. The van der Waals surface area contributed by atoms with Crippen molar-refractivity contribution in [1.82, 2.24) is 5.32 Å². The maximum absolute atomic E-state index is 12.5. The second-order valence-corrected chi connectivity index (χ2v) is 6.40. The minimum Gasteiger partial charge on any atom is -0.379 e. The van der Waals surface area contributed by atoms with E-state index in [1.807, 2.05) is 32.0 Å². The largest absolute Gasteiger partial charge is 0.379 e. The van der Waals surface area contributed by atoms with Gasteiger partial charge in [0.15, 0.2) is 0 Å². The molecule has 1 aromatic rings. The highest BCUT2D eigenvalue weighted by molar-refractivity contribution is 5.93. The molecule has 0 radical (unpaired) electrons. The van der Waals surface area contributed by atoms with Gasteiger partial charge in [-0.25, -0.2) is 0 Å². The maximum atomic E-state index is 12.5. The quantitative estimate of drug-likeness (QED) is 0.718. The van der Waals surface area contributed by atoms with E-state index < -0.39 is 0 Å². The molecule has 0 aliphatic carbocycles. The Morgan fingerprint density at radius 3 is 2.88 bits per heavy atom. The fourth-order valence-corrected chi connectivity index (χ4v) is 3.02. The number of anilines is 1. The molecule has 0 unspecified atom stereocenters. The summed E-state index contributed by atoms with van der Waals surface area (Å²) < 4.78 is 10.9. The van der Waals surface area contributed by atoms with Crippen LogP contribution in [0, 0.1) is 12.8 Å². The molecule has 2 rings (SSSR count). The number of piperidine rings is 1. The summed E-state index contributed by atoms with van der Waals surface area (Å²) in [6.45, 7) is 9.47. The number of hydrogen-bond acceptors (Lipinski definition) is 4. The fourth-order valence-electron chi connectivity index (χ4n) is 3.02. The third kappa shape index (κ3) is 5.58. The van der Waals surface area contributed by atoms with Gasteiger partial charge in [-0.15, -0.1) is 0 Å². The average molecular weight is 334 g/mol. The van der Waals surface area contributed by atoms with Gasteiger partial charge >= 0.3 is 0 Å². The number of benzene rings is 1. The van der Waals surface area contributed by atoms with Crippen molar-refractivity contribution in [1.29, 1.82) is 0 Å². The molecule has 0 bridgehead atoms. The number of nitrogens with one attached hydrogen (secondary N) is 2. The lowest BCUT2D eigenvalue weighted by molar-refractivity contribution is -0.120. The zero-order chi connectivity index (χ0) is 17.4. The minimum atomic E-state index is 0.0896. The molecule has 1 aromatic carbocycles. The molecule has 5 heteroatoms. The lowest BCUT2D eigenvalue weighted by Gasteiger charge is -2.27. The number of carbonyl (C=O) groups excluding carboxylic acids is 1. The number of carbonyl (C=O) groups is 1. The van der Waals surface area contributed by atoms with Crippen molar-refractivity contribution in [3.63, 3.8) is 0 Å². The molecule has 2 atom stereocenters. The first kappa shape index (κ1) is 18.9. The Morgan fingerprint density at radius 1 is 1.33 bits per heavy atom. The summed E-state index contributed by atoms with van der Waals surface area (Å²) >= 11 is 0. The van der Waals surface area contributed by atoms with Gasteiger partial charge < -0.3 is 20.1 Å². The van der Waals surface area contributed by atoms with Crippen molar-refractivity contribution in [2.24, 2.45) is 5.92 Å². The molecule has 134 valence electrons. The van der Waals surface area contributed by atoms with E-state index in [1.54, 1.807) is 0 Å². The van der Waals surface area contributed by atoms with Crippen LogP contribution in [-0.2, 0) is 20.9 Å². The van der Waals surface area contributed by atoms with E-state index in [0.717, 1.165) is 36.2 Å². The van der Waals surface area contributed by atoms with Crippen molar-refractivity contribution >= 4 is 11.6 Å². The van der Waals surface area contributed by atoms with Crippen LogP contribution in [0.15, 0.2) is 18.2 Å². The molecule has 5 nitrogen and oxygen atoms in total. The number of ether oxygens (including phenoxy) is 2. The van der Waals surface area contributed by atoms with E-state index >= 15 is 0 Å². The Bertz CT molecular complexity index is 533. The van der Waals surface area contributed by atoms with E-state index in [1.165, 1.54) is 0 Å². The van der Waals surface area contributed by atoms with Gasteiger partial charge in [-0.05, 0) is 57.4 Å². The van der Waals surface area contributed by atoms with Crippen LogP contribution in [0.25, 0.3) is 0 Å². The van der Waals surface area contributed by atoms with E-state index in [2.05, 4.69) is 17.6 Å². The summed E-state index contributed by atoms with van der Waals surface area (Å²) in [6.07, 6.45) is 1.79. The van der Waals surface area contributed by atoms with E-state index in [-0.39, 0.29) is 11.8 Å². The van der Waals surface area contributed by atoms with Crippen LogP contribution in [-0.4, -0.2) is 38.3 Å². The number of amides is 1. The predicted octanol–water partition coefficient (Wildman–Crippen LogP) is 2.87. The summed E-state index contributed by atoms with van der Waals surface area (Å²) in [5, 5.41) is 6.49. The van der Waals surface area contributed by atoms with Crippen LogP contribution in [0.2, 0.25) is 0 Å². The van der Waals surface area contributed by atoms with Gasteiger partial charge in [0.2, 0.25) is 5.91 Å². The second-order valence-electron chi connectivity index (χ2n) is 6.40. The summed E-state index contributed by atoms with van der Waals surface area (Å²) in [6, 6.07) is 6.37. The second kappa shape index (κ2) is 9.77. The molecule has 0 aromatic heterocycles. The van der Waals surface area contributed by atoms with Crippen LogP contribution in [0.4, 0.5) is 5.69 Å². The Hall–Kier alpha value is -1.43. The normalized spacial score (nSPS) is 20.8. The lowest BCUT2D eigenvalue weighted by atomic mass is 9.92. The number of rotatable bonds is 8. The Labute approximate surface area is 145 Å². The predicted molar refractivity (Wildman–Crippen MR) is 96.1 cm³/mol. The molecule has 1 fully saturated rings. The summed E-state index contributed by atoms with van der Waals surface area (Å²) in [7, 11) is 0. The Kier molecular flexibility index (Phi) is 7.69. The molecule has 1 saturated heterocycles. The van der Waals surface area contributed by atoms with Gasteiger partial charge in [0.25, 0.3) is 0 Å². The lowest BCUT2D eigenvalue weighted by Crippen LogP contribution is -2.40. The zero-order valence-electron chi connectivity index (χ0n) is 15.1. The molecular formula is C19H30N2O3. The zero-order valence-corrected chi connectivity index (χ0v) is 15.1. The monoisotopic (exact) mass is 334 g/mol. The van der Waals surface area contributed by atoms with Crippen LogP contribution >= 0.6 is 0 Å². The molecular weight excluding hydrogens is 304 g/mol. The van der Waals surface area contributed by atoms with Crippen LogP contribution in [0.3, 0.4) is 0 Å². The first-order valence-electron chi connectivity index (χ1n) is 8.90. The first-order chi connectivity index (χ1) is 11.6.